The highest BCUT2D eigenvalue weighted by Crippen LogP contribution is 2.41. The zero-order valence-corrected chi connectivity index (χ0v) is 16.6. The van der Waals surface area contributed by atoms with Gasteiger partial charge in [-0.3, -0.25) is 9.59 Å². The van der Waals surface area contributed by atoms with Crippen LogP contribution in [-0.2, 0) is 14.3 Å². The third kappa shape index (κ3) is 3.92. The Balaban J connectivity index is 2.18. The topological polar surface area (TPSA) is 96.3 Å². The van der Waals surface area contributed by atoms with Gasteiger partial charge >= 0.3 is 0 Å². The molecular formula is C21H20ClNO6. The van der Waals surface area contributed by atoms with Crippen molar-refractivity contribution in [3.05, 3.63) is 64.2 Å². The van der Waals surface area contributed by atoms with Gasteiger partial charge in [-0.2, -0.15) is 0 Å². The van der Waals surface area contributed by atoms with Gasteiger partial charge in [0.1, 0.15) is 5.76 Å². The molecule has 1 heterocycles. The summed E-state index contributed by atoms with van der Waals surface area (Å²) in [5.41, 5.74) is 0.807. The van der Waals surface area contributed by atoms with Crippen molar-refractivity contribution in [3.8, 4) is 11.5 Å². The molecule has 7 nitrogen and oxygen atoms in total. The number of Topliss-reactive ketones (excluding diaryl/α,β-unsaturated/α-hetero) is 1. The second-order valence-electron chi connectivity index (χ2n) is 6.42. The van der Waals surface area contributed by atoms with Gasteiger partial charge in [0.25, 0.3) is 11.7 Å². The minimum atomic E-state index is -0.865. The molecule has 3 rings (SSSR count). The van der Waals surface area contributed by atoms with Crippen molar-refractivity contribution in [1.82, 2.24) is 4.90 Å². The van der Waals surface area contributed by atoms with Crippen molar-refractivity contribution < 1.29 is 29.3 Å². The number of benzene rings is 2. The van der Waals surface area contributed by atoms with E-state index in [1.165, 1.54) is 31.3 Å². The number of aliphatic hydroxyl groups is 1. The van der Waals surface area contributed by atoms with Crippen LogP contribution in [0.4, 0.5) is 0 Å². The predicted molar refractivity (Wildman–Crippen MR) is 107 cm³/mol. The molecule has 1 saturated heterocycles. The number of likely N-dealkylation sites (tertiary alicyclic amines) is 1. The van der Waals surface area contributed by atoms with E-state index in [1.54, 1.807) is 30.3 Å². The number of halogens is 1. The SMILES string of the molecule is COCCN1C(=O)C(=O)C(=C(O)c2ccc(Cl)cc2)[C@@H]1c1ccc(O)c(OC)c1. The van der Waals surface area contributed by atoms with Crippen LogP contribution >= 0.6 is 11.6 Å². The van der Waals surface area contributed by atoms with Crippen molar-refractivity contribution in [3.63, 3.8) is 0 Å². The van der Waals surface area contributed by atoms with Crippen LogP contribution in [0.2, 0.25) is 5.02 Å². The smallest absolute Gasteiger partial charge is 0.295 e. The number of methoxy groups -OCH3 is 2. The molecule has 1 fully saturated rings. The molecule has 0 aromatic heterocycles. The molecular weight excluding hydrogens is 398 g/mol. The van der Waals surface area contributed by atoms with E-state index in [-0.39, 0.29) is 36.0 Å². The monoisotopic (exact) mass is 417 g/mol. The third-order valence-electron chi connectivity index (χ3n) is 4.71. The van der Waals surface area contributed by atoms with Crippen molar-refractivity contribution in [1.29, 1.82) is 0 Å². The number of ether oxygens (including phenoxy) is 2. The zero-order valence-electron chi connectivity index (χ0n) is 15.9. The minimum Gasteiger partial charge on any atom is -0.507 e. The molecule has 1 atom stereocenters. The number of amides is 1. The van der Waals surface area contributed by atoms with Crippen molar-refractivity contribution in [2.75, 3.05) is 27.4 Å². The van der Waals surface area contributed by atoms with E-state index in [0.717, 1.165) is 0 Å². The maximum Gasteiger partial charge on any atom is 0.295 e. The summed E-state index contributed by atoms with van der Waals surface area (Å²) in [5, 5.41) is 21.3. The number of hydrogen-bond acceptors (Lipinski definition) is 6. The van der Waals surface area contributed by atoms with Gasteiger partial charge < -0.3 is 24.6 Å². The molecule has 2 N–H and O–H groups in total. The van der Waals surface area contributed by atoms with E-state index < -0.39 is 17.7 Å². The van der Waals surface area contributed by atoms with Crippen LogP contribution in [0.1, 0.15) is 17.2 Å². The van der Waals surface area contributed by atoms with Gasteiger partial charge in [0, 0.05) is 24.2 Å². The standard InChI is InChI=1S/C21H20ClNO6/c1-28-10-9-23-18(13-5-8-15(24)16(11-13)29-2)17(20(26)21(23)27)19(25)12-3-6-14(22)7-4-12/h3-8,11,18,24-25H,9-10H2,1-2H3/t18-/m0/s1. The van der Waals surface area contributed by atoms with Crippen LogP contribution in [0.25, 0.3) is 5.76 Å². The van der Waals surface area contributed by atoms with Gasteiger partial charge in [0.2, 0.25) is 0 Å². The predicted octanol–water partition coefficient (Wildman–Crippen LogP) is 3.12. The molecule has 2 aromatic carbocycles. The molecule has 152 valence electrons. The maximum atomic E-state index is 12.8. The number of nitrogens with zero attached hydrogens (tertiary/aromatic N) is 1. The quantitative estimate of drug-likeness (QED) is 0.426. The van der Waals surface area contributed by atoms with Crippen molar-refractivity contribution in [2.24, 2.45) is 0 Å². The summed E-state index contributed by atoms with van der Waals surface area (Å²) in [5.74, 6) is -1.74. The average molecular weight is 418 g/mol. The number of aliphatic hydroxyl groups excluding tert-OH is 1. The number of ketones is 1. The summed E-state index contributed by atoms with van der Waals surface area (Å²) in [7, 11) is 2.89. The first-order valence-corrected chi connectivity index (χ1v) is 9.17. The lowest BCUT2D eigenvalue weighted by Gasteiger charge is -2.25. The Labute approximate surface area is 172 Å². The first-order valence-electron chi connectivity index (χ1n) is 8.79. The number of phenols is 1. The van der Waals surface area contributed by atoms with Gasteiger partial charge in [-0.05, 0) is 42.0 Å². The Morgan fingerprint density at radius 1 is 1.14 bits per heavy atom. The summed E-state index contributed by atoms with van der Waals surface area (Å²) in [4.78, 5) is 26.8. The van der Waals surface area contributed by atoms with E-state index >= 15 is 0 Å². The minimum absolute atomic E-state index is 0.0545. The van der Waals surface area contributed by atoms with Crippen LogP contribution in [0.5, 0.6) is 11.5 Å². The van der Waals surface area contributed by atoms with Gasteiger partial charge in [0.05, 0.1) is 25.3 Å². The number of phenolic OH excluding ortho intramolecular Hbond substituents is 1. The summed E-state index contributed by atoms with van der Waals surface area (Å²) in [6, 6.07) is 9.93. The number of hydrogen-bond donors (Lipinski definition) is 2. The molecule has 1 aliphatic rings. The average Bonchev–Trinajstić information content (AvgIpc) is 2.97. The highest BCUT2D eigenvalue weighted by molar-refractivity contribution is 6.46. The van der Waals surface area contributed by atoms with Crippen molar-refractivity contribution >= 4 is 29.1 Å². The third-order valence-corrected chi connectivity index (χ3v) is 4.97. The Hall–Kier alpha value is -3.03. The van der Waals surface area contributed by atoms with Crippen LogP contribution in [-0.4, -0.2) is 54.2 Å². The van der Waals surface area contributed by atoms with Gasteiger partial charge in [0.15, 0.2) is 11.5 Å². The molecule has 29 heavy (non-hydrogen) atoms. The fourth-order valence-electron chi connectivity index (χ4n) is 3.27. The Kier molecular flexibility index (Phi) is 6.10. The lowest BCUT2D eigenvalue weighted by atomic mass is 9.95. The molecule has 0 unspecified atom stereocenters. The fourth-order valence-corrected chi connectivity index (χ4v) is 3.40. The van der Waals surface area contributed by atoms with Crippen molar-refractivity contribution in [2.45, 2.75) is 6.04 Å². The van der Waals surface area contributed by atoms with E-state index in [9.17, 15) is 19.8 Å². The normalized spacial score (nSPS) is 18.3. The summed E-state index contributed by atoms with van der Waals surface area (Å²) in [6.07, 6.45) is 0. The van der Waals surface area contributed by atoms with E-state index in [2.05, 4.69) is 0 Å². The van der Waals surface area contributed by atoms with E-state index in [0.29, 0.717) is 16.1 Å². The number of carbonyl (C=O) groups is 2. The van der Waals surface area contributed by atoms with Crippen LogP contribution in [0.15, 0.2) is 48.0 Å². The molecule has 0 spiro atoms. The van der Waals surface area contributed by atoms with Crippen LogP contribution in [0, 0.1) is 0 Å². The fraction of sp³-hybridized carbons (Fsp3) is 0.238. The number of carbonyl (C=O) groups excluding carboxylic acids is 2. The first-order chi connectivity index (χ1) is 13.9. The second-order valence-corrected chi connectivity index (χ2v) is 6.86. The molecule has 8 heteroatoms. The van der Waals surface area contributed by atoms with Crippen LogP contribution in [0.3, 0.4) is 0 Å². The molecule has 0 saturated carbocycles. The van der Waals surface area contributed by atoms with Gasteiger partial charge in [-0.25, -0.2) is 0 Å². The largest absolute Gasteiger partial charge is 0.507 e. The highest BCUT2D eigenvalue weighted by atomic mass is 35.5. The van der Waals surface area contributed by atoms with E-state index in [4.69, 9.17) is 21.1 Å². The maximum absolute atomic E-state index is 12.8. The van der Waals surface area contributed by atoms with E-state index in [1.807, 2.05) is 0 Å². The number of aromatic hydroxyl groups is 1. The summed E-state index contributed by atoms with van der Waals surface area (Å²) in [6.45, 7) is 0.353. The first kappa shape index (κ1) is 20.7. The molecule has 1 amide bonds. The Morgan fingerprint density at radius 3 is 2.45 bits per heavy atom. The van der Waals surface area contributed by atoms with Gasteiger partial charge in [-0.15, -0.1) is 0 Å². The molecule has 0 aliphatic carbocycles. The van der Waals surface area contributed by atoms with Gasteiger partial charge in [-0.1, -0.05) is 17.7 Å². The lowest BCUT2D eigenvalue weighted by Crippen LogP contribution is -2.32. The summed E-state index contributed by atoms with van der Waals surface area (Å²) < 4.78 is 10.2. The highest BCUT2D eigenvalue weighted by Gasteiger charge is 2.46. The zero-order chi connectivity index (χ0) is 21.1. The molecule has 1 aliphatic heterocycles. The molecule has 0 radical (unpaired) electrons. The molecule has 0 bridgehead atoms. The van der Waals surface area contributed by atoms with Crippen LogP contribution < -0.4 is 4.74 Å². The summed E-state index contributed by atoms with van der Waals surface area (Å²) >= 11 is 5.90. The second kappa shape index (κ2) is 8.55. The molecule has 2 aromatic rings. The Bertz CT molecular complexity index is 970. The lowest BCUT2D eigenvalue weighted by molar-refractivity contribution is -0.140. The Morgan fingerprint density at radius 2 is 1.83 bits per heavy atom. The number of rotatable bonds is 6.